The lowest BCUT2D eigenvalue weighted by molar-refractivity contribution is -0.164. The molecule has 3 fully saturated rings. The minimum absolute atomic E-state index is 0.0253. The Morgan fingerprint density at radius 2 is 1.89 bits per heavy atom. The zero-order valence-electron chi connectivity index (χ0n) is 28.5. The number of nitrogens with zero attached hydrogens (tertiary/aromatic N) is 3. The van der Waals surface area contributed by atoms with Gasteiger partial charge in [-0.2, -0.15) is 0 Å². The van der Waals surface area contributed by atoms with E-state index in [-0.39, 0.29) is 36.9 Å². The Balaban J connectivity index is 1.68. The number of rotatable bonds is 18. The van der Waals surface area contributed by atoms with Crippen LogP contribution in [0.15, 0.2) is 55.6 Å². The molecular weight excluding hydrogens is 598 g/mol. The van der Waals surface area contributed by atoms with Crippen LogP contribution in [0.2, 0.25) is 0 Å². The Hall–Kier alpha value is -3.50. The molecule has 3 saturated heterocycles. The van der Waals surface area contributed by atoms with Gasteiger partial charge in [0.25, 0.3) is 0 Å². The lowest BCUT2D eigenvalue weighted by Gasteiger charge is -2.39. The first kappa shape index (κ1) is 36.3. The van der Waals surface area contributed by atoms with Gasteiger partial charge >= 0.3 is 5.97 Å². The topological polar surface area (TPSA) is 117 Å². The van der Waals surface area contributed by atoms with Crippen molar-refractivity contribution in [2.24, 2.45) is 11.8 Å². The third-order valence-electron chi connectivity index (χ3n) is 10.3. The second-order valence-electron chi connectivity index (χ2n) is 13.3. The lowest BCUT2D eigenvalue weighted by atomic mass is 9.70. The highest BCUT2D eigenvalue weighted by Crippen LogP contribution is 2.59. The summed E-state index contributed by atoms with van der Waals surface area (Å²) < 4.78 is 12.9. The van der Waals surface area contributed by atoms with Gasteiger partial charge in [-0.1, -0.05) is 55.8 Å². The molecule has 47 heavy (non-hydrogen) atoms. The highest BCUT2D eigenvalue weighted by Gasteiger charge is 2.75. The van der Waals surface area contributed by atoms with E-state index < -0.39 is 47.7 Å². The average Bonchev–Trinajstić information content (AvgIpc) is 3.71. The monoisotopic (exact) mass is 651 g/mol. The molecule has 1 unspecified atom stereocenters. The number of fused-ring (bicyclic) bond motifs is 1. The van der Waals surface area contributed by atoms with Gasteiger partial charge in [-0.05, 0) is 57.9 Å². The van der Waals surface area contributed by atoms with Crippen LogP contribution in [0.25, 0.3) is 0 Å². The Bertz CT molecular complexity index is 1290. The van der Waals surface area contributed by atoms with Crippen molar-refractivity contribution in [1.82, 2.24) is 14.7 Å². The maximum absolute atomic E-state index is 14.5. The second-order valence-corrected chi connectivity index (χ2v) is 13.3. The summed E-state index contributed by atoms with van der Waals surface area (Å²) in [7, 11) is 1.70. The number of benzene rings is 1. The fourth-order valence-corrected chi connectivity index (χ4v) is 7.82. The molecule has 0 radical (unpaired) electrons. The number of unbranched alkanes of at least 4 members (excludes halogenated alkanes) is 1. The van der Waals surface area contributed by atoms with Crippen LogP contribution in [0, 0.1) is 11.8 Å². The van der Waals surface area contributed by atoms with Gasteiger partial charge in [-0.25, -0.2) is 0 Å². The molecule has 3 heterocycles. The van der Waals surface area contributed by atoms with Crippen molar-refractivity contribution < 1.29 is 33.8 Å². The highest BCUT2D eigenvalue weighted by atomic mass is 16.6. The number of ether oxygens (including phenoxy) is 2. The SMILES string of the molecule is C=CCCC(=O)N(C)[C@@H](C)[C@@H](OC(=O)[C@@H]1[C@H]2C(=O)N(CCCCO)[C@H](C(=O)N(CC=C)C(C)CCC)[C@]23CC[C@H]1O3)c1ccccc1. The Morgan fingerprint density at radius 3 is 2.53 bits per heavy atom. The Morgan fingerprint density at radius 1 is 1.17 bits per heavy atom. The van der Waals surface area contributed by atoms with Crippen molar-refractivity contribution in [2.75, 3.05) is 26.7 Å². The van der Waals surface area contributed by atoms with E-state index in [2.05, 4.69) is 20.1 Å². The maximum Gasteiger partial charge on any atom is 0.313 e. The summed E-state index contributed by atoms with van der Waals surface area (Å²) in [6.45, 7) is 14.1. The summed E-state index contributed by atoms with van der Waals surface area (Å²) in [5.41, 5.74) is -0.421. The van der Waals surface area contributed by atoms with E-state index in [4.69, 9.17) is 9.47 Å². The van der Waals surface area contributed by atoms with E-state index in [0.29, 0.717) is 45.1 Å². The fraction of sp³-hybridized carbons (Fsp3) is 0.622. The summed E-state index contributed by atoms with van der Waals surface area (Å²) in [4.78, 5) is 61.1. The molecule has 0 aliphatic carbocycles. The molecule has 3 aliphatic heterocycles. The van der Waals surface area contributed by atoms with E-state index in [1.807, 2.05) is 44.2 Å². The number of hydrogen-bond acceptors (Lipinski definition) is 7. The van der Waals surface area contributed by atoms with Crippen LogP contribution in [-0.4, -0.2) is 100 Å². The van der Waals surface area contributed by atoms with Gasteiger partial charge in [-0.15, -0.1) is 13.2 Å². The molecule has 0 aromatic heterocycles. The number of likely N-dealkylation sites (N-methyl/N-ethyl adjacent to an activating group) is 1. The van der Waals surface area contributed by atoms with Gasteiger partial charge in [0.05, 0.1) is 24.0 Å². The first-order chi connectivity index (χ1) is 22.6. The van der Waals surface area contributed by atoms with Gasteiger partial charge in [-0.3, -0.25) is 19.2 Å². The molecule has 1 spiro atoms. The molecule has 0 saturated carbocycles. The highest BCUT2D eigenvalue weighted by molar-refractivity contribution is 5.98. The maximum atomic E-state index is 14.5. The zero-order chi connectivity index (χ0) is 34.3. The normalized spacial score (nSPS) is 26.3. The first-order valence-electron chi connectivity index (χ1n) is 17.2. The van der Waals surface area contributed by atoms with Crippen LogP contribution >= 0.6 is 0 Å². The van der Waals surface area contributed by atoms with Crippen LogP contribution in [0.1, 0.15) is 83.8 Å². The summed E-state index contributed by atoms with van der Waals surface area (Å²) >= 11 is 0. The third-order valence-corrected chi connectivity index (χ3v) is 10.3. The van der Waals surface area contributed by atoms with E-state index in [1.165, 1.54) is 0 Å². The number of likely N-dealkylation sites (tertiary alicyclic amines) is 1. The number of aliphatic hydroxyl groups is 1. The molecule has 1 aromatic carbocycles. The zero-order valence-corrected chi connectivity index (χ0v) is 28.5. The van der Waals surface area contributed by atoms with Gasteiger partial charge in [0.1, 0.15) is 17.7 Å². The van der Waals surface area contributed by atoms with E-state index in [9.17, 15) is 24.3 Å². The van der Waals surface area contributed by atoms with Crippen molar-refractivity contribution >= 4 is 23.7 Å². The van der Waals surface area contributed by atoms with Gasteiger partial charge in [0, 0.05) is 39.2 Å². The standard InChI is InChI=1S/C37H53N3O7/c1-7-10-19-29(42)38(6)26(5)32(27-17-12-11-13-18-27)46-36(45)30-28-20-21-37(47-28)31(30)34(43)40(23-14-15-24-41)33(37)35(44)39(22-9-3)25(4)16-8-2/h7,9,11-13,17-18,25-26,28,30-33,41H,1,3,8,10,14-16,19-24H2,2,4-6H3/t25?,26-,28+,30-,31-,32+,33+,37-/m0/s1. The van der Waals surface area contributed by atoms with Crippen LogP contribution in [0.5, 0.6) is 0 Å². The Kier molecular flexibility index (Phi) is 12.4. The number of carbonyl (C=O) groups is 4. The molecule has 1 N–H and O–H groups in total. The van der Waals surface area contributed by atoms with Gasteiger partial charge in [0.2, 0.25) is 17.7 Å². The fourth-order valence-electron chi connectivity index (χ4n) is 7.82. The molecule has 10 heteroatoms. The summed E-state index contributed by atoms with van der Waals surface area (Å²) in [5.74, 6) is -2.90. The lowest BCUT2D eigenvalue weighted by Crippen LogP contribution is -2.58. The van der Waals surface area contributed by atoms with Gasteiger partial charge < -0.3 is 29.3 Å². The number of aliphatic hydroxyl groups excluding tert-OH is 1. The number of carbonyl (C=O) groups excluding carboxylic acids is 4. The molecule has 3 amide bonds. The van der Waals surface area contributed by atoms with Crippen LogP contribution in [0.3, 0.4) is 0 Å². The number of esters is 1. The number of allylic oxidation sites excluding steroid dienone is 1. The summed E-state index contributed by atoms with van der Waals surface area (Å²) in [6, 6.07) is 7.84. The molecule has 4 rings (SSSR count). The van der Waals surface area contributed by atoms with Crippen LogP contribution < -0.4 is 0 Å². The Labute approximate surface area is 279 Å². The van der Waals surface area contributed by atoms with Crippen LogP contribution in [0.4, 0.5) is 0 Å². The van der Waals surface area contributed by atoms with Crippen molar-refractivity contribution in [3.05, 3.63) is 61.2 Å². The van der Waals surface area contributed by atoms with E-state index in [1.54, 1.807) is 33.9 Å². The third kappa shape index (κ3) is 7.18. The molecule has 3 aliphatic rings. The minimum atomic E-state index is -1.15. The van der Waals surface area contributed by atoms with Gasteiger partial charge in [0.15, 0.2) is 0 Å². The summed E-state index contributed by atoms with van der Waals surface area (Å²) in [6.07, 6.45) is 6.55. The van der Waals surface area contributed by atoms with E-state index >= 15 is 0 Å². The predicted molar refractivity (Wildman–Crippen MR) is 179 cm³/mol. The molecular formula is C37H53N3O7. The smallest absolute Gasteiger partial charge is 0.313 e. The molecule has 1 aromatic rings. The predicted octanol–water partition coefficient (Wildman–Crippen LogP) is 4.43. The molecule has 10 nitrogen and oxygen atoms in total. The van der Waals surface area contributed by atoms with Crippen molar-refractivity contribution in [3.63, 3.8) is 0 Å². The van der Waals surface area contributed by atoms with Crippen molar-refractivity contribution in [1.29, 1.82) is 0 Å². The average molecular weight is 652 g/mol. The molecule has 2 bridgehead atoms. The molecule has 8 atom stereocenters. The quantitative estimate of drug-likeness (QED) is 0.142. The second kappa shape index (κ2) is 16.1. The van der Waals surface area contributed by atoms with Crippen LogP contribution in [-0.2, 0) is 28.7 Å². The van der Waals surface area contributed by atoms with Crippen molar-refractivity contribution in [3.8, 4) is 0 Å². The minimum Gasteiger partial charge on any atom is -0.455 e. The van der Waals surface area contributed by atoms with E-state index in [0.717, 1.165) is 18.4 Å². The molecule has 258 valence electrons. The number of hydrogen-bond donors (Lipinski definition) is 1. The number of amides is 3. The first-order valence-corrected chi connectivity index (χ1v) is 17.2. The summed E-state index contributed by atoms with van der Waals surface area (Å²) in [5, 5.41) is 9.48. The van der Waals surface area contributed by atoms with Crippen molar-refractivity contribution in [2.45, 2.75) is 108 Å². The largest absolute Gasteiger partial charge is 0.455 e.